The number of morpholine rings is 1. The molecule has 0 bridgehead atoms. The van der Waals surface area contributed by atoms with Crippen molar-refractivity contribution in [3.05, 3.63) is 35.9 Å². The van der Waals surface area contributed by atoms with Crippen LogP contribution >= 0.6 is 0 Å². The van der Waals surface area contributed by atoms with Crippen LogP contribution in [0.5, 0.6) is 0 Å². The SMILES string of the molecule is C[C@H](c1ccccc1)N1C[C@H](C(=O)N2CCOC[C@H]2C(=O)O)CC1=O. The highest BCUT2D eigenvalue weighted by atomic mass is 16.5. The summed E-state index contributed by atoms with van der Waals surface area (Å²) in [6, 6.07) is 8.56. The Balaban J connectivity index is 1.71. The van der Waals surface area contributed by atoms with Gasteiger partial charge in [0.05, 0.1) is 25.2 Å². The number of carboxylic acid groups (broad SMARTS) is 1. The van der Waals surface area contributed by atoms with Gasteiger partial charge in [-0.05, 0) is 12.5 Å². The standard InChI is InChI=1S/C18H22N2O5/c1-12(13-5-3-2-4-6-13)20-10-14(9-16(20)21)17(22)19-7-8-25-11-15(19)18(23)24/h2-6,12,14-15H,7-11H2,1H3,(H,23,24)/t12-,14-,15+/m1/s1. The van der Waals surface area contributed by atoms with Gasteiger partial charge < -0.3 is 19.6 Å². The van der Waals surface area contributed by atoms with Gasteiger partial charge in [0.1, 0.15) is 0 Å². The minimum absolute atomic E-state index is 0.00806. The molecule has 7 nitrogen and oxygen atoms in total. The largest absolute Gasteiger partial charge is 0.480 e. The summed E-state index contributed by atoms with van der Waals surface area (Å²) in [5.74, 6) is -1.92. The number of hydrogen-bond acceptors (Lipinski definition) is 4. The summed E-state index contributed by atoms with van der Waals surface area (Å²) < 4.78 is 5.17. The van der Waals surface area contributed by atoms with Crippen molar-refractivity contribution in [2.75, 3.05) is 26.3 Å². The van der Waals surface area contributed by atoms with Gasteiger partial charge >= 0.3 is 5.97 Å². The third kappa shape index (κ3) is 3.51. The van der Waals surface area contributed by atoms with Crippen LogP contribution in [0.3, 0.4) is 0 Å². The lowest BCUT2D eigenvalue weighted by molar-refractivity contribution is -0.160. The molecule has 3 atom stereocenters. The first-order valence-corrected chi connectivity index (χ1v) is 8.44. The Kier molecular flexibility index (Phi) is 5.03. The second-order valence-corrected chi connectivity index (χ2v) is 6.49. The summed E-state index contributed by atoms with van der Waals surface area (Å²) >= 11 is 0. The van der Waals surface area contributed by atoms with Crippen molar-refractivity contribution in [2.24, 2.45) is 5.92 Å². The molecule has 2 aliphatic heterocycles. The Morgan fingerprint density at radius 3 is 2.68 bits per heavy atom. The fraction of sp³-hybridized carbons (Fsp3) is 0.500. The molecule has 2 heterocycles. The van der Waals surface area contributed by atoms with E-state index in [0.717, 1.165) is 5.56 Å². The Labute approximate surface area is 146 Å². The van der Waals surface area contributed by atoms with Crippen LogP contribution in [0.1, 0.15) is 24.9 Å². The third-order valence-electron chi connectivity index (χ3n) is 4.95. The highest BCUT2D eigenvalue weighted by molar-refractivity contribution is 5.91. The van der Waals surface area contributed by atoms with E-state index in [1.165, 1.54) is 4.90 Å². The monoisotopic (exact) mass is 346 g/mol. The van der Waals surface area contributed by atoms with Gasteiger partial charge in [-0.3, -0.25) is 9.59 Å². The maximum Gasteiger partial charge on any atom is 0.328 e. The molecule has 1 N–H and O–H groups in total. The molecule has 7 heteroatoms. The van der Waals surface area contributed by atoms with Crippen molar-refractivity contribution >= 4 is 17.8 Å². The molecule has 0 unspecified atom stereocenters. The molecule has 0 saturated carbocycles. The molecule has 0 aliphatic carbocycles. The molecule has 134 valence electrons. The minimum Gasteiger partial charge on any atom is -0.480 e. The van der Waals surface area contributed by atoms with Gasteiger partial charge in [0, 0.05) is 19.5 Å². The second-order valence-electron chi connectivity index (χ2n) is 6.49. The van der Waals surface area contributed by atoms with Crippen LogP contribution in [0.4, 0.5) is 0 Å². The molecule has 0 radical (unpaired) electrons. The number of hydrogen-bond donors (Lipinski definition) is 1. The molecule has 1 aromatic carbocycles. The lowest BCUT2D eigenvalue weighted by Crippen LogP contribution is -2.54. The van der Waals surface area contributed by atoms with Crippen molar-refractivity contribution in [2.45, 2.75) is 25.4 Å². The fourth-order valence-electron chi connectivity index (χ4n) is 3.49. The van der Waals surface area contributed by atoms with Crippen LogP contribution in [0.15, 0.2) is 30.3 Å². The Morgan fingerprint density at radius 1 is 1.28 bits per heavy atom. The molecule has 0 aromatic heterocycles. The van der Waals surface area contributed by atoms with Crippen molar-refractivity contribution < 1.29 is 24.2 Å². The average Bonchev–Trinajstić information content (AvgIpc) is 3.03. The Bertz CT molecular complexity index is 663. The molecule has 1 aromatic rings. The first-order valence-electron chi connectivity index (χ1n) is 8.44. The highest BCUT2D eigenvalue weighted by Gasteiger charge is 2.42. The molecule has 2 saturated heterocycles. The quantitative estimate of drug-likeness (QED) is 0.876. The fourth-order valence-corrected chi connectivity index (χ4v) is 3.49. The molecule has 2 amide bonds. The maximum absolute atomic E-state index is 12.8. The smallest absolute Gasteiger partial charge is 0.328 e. The molecule has 2 fully saturated rings. The number of ether oxygens (including phenoxy) is 1. The number of amides is 2. The van der Waals surface area contributed by atoms with Crippen LogP contribution in [-0.2, 0) is 19.1 Å². The van der Waals surface area contributed by atoms with Crippen LogP contribution in [0.2, 0.25) is 0 Å². The number of rotatable bonds is 4. The summed E-state index contributed by atoms with van der Waals surface area (Å²) in [4.78, 5) is 39.6. The van der Waals surface area contributed by atoms with E-state index in [-0.39, 0.29) is 37.4 Å². The minimum atomic E-state index is -1.08. The van der Waals surface area contributed by atoms with Gasteiger partial charge in [0.15, 0.2) is 6.04 Å². The van der Waals surface area contributed by atoms with Crippen LogP contribution < -0.4 is 0 Å². The predicted molar refractivity (Wildman–Crippen MR) is 88.6 cm³/mol. The maximum atomic E-state index is 12.8. The van der Waals surface area contributed by atoms with E-state index in [0.29, 0.717) is 13.2 Å². The topological polar surface area (TPSA) is 87.2 Å². The number of carbonyl (C=O) groups is 3. The summed E-state index contributed by atoms with van der Waals surface area (Å²) in [6.07, 6.45) is 0.125. The van der Waals surface area contributed by atoms with E-state index in [4.69, 9.17) is 4.74 Å². The van der Waals surface area contributed by atoms with Crippen molar-refractivity contribution in [3.8, 4) is 0 Å². The van der Waals surface area contributed by atoms with E-state index in [2.05, 4.69) is 0 Å². The first-order chi connectivity index (χ1) is 12.0. The van der Waals surface area contributed by atoms with Crippen molar-refractivity contribution in [3.63, 3.8) is 0 Å². The number of carbonyl (C=O) groups excluding carboxylic acids is 2. The van der Waals surface area contributed by atoms with E-state index in [1.54, 1.807) is 4.90 Å². The van der Waals surface area contributed by atoms with Gasteiger partial charge in [-0.25, -0.2) is 4.79 Å². The van der Waals surface area contributed by atoms with E-state index in [9.17, 15) is 19.5 Å². The van der Waals surface area contributed by atoms with Crippen molar-refractivity contribution in [1.29, 1.82) is 0 Å². The summed E-state index contributed by atoms with van der Waals surface area (Å²) in [6.45, 7) is 2.81. The Hall–Kier alpha value is -2.41. The zero-order valence-electron chi connectivity index (χ0n) is 14.1. The molecule has 0 spiro atoms. The zero-order valence-corrected chi connectivity index (χ0v) is 14.1. The summed E-state index contributed by atoms with van der Waals surface area (Å²) in [5, 5.41) is 9.29. The average molecular weight is 346 g/mol. The van der Waals surface area contributed by atoms with E-state index >= 15 is 0 Å². The second kappa shape index (κ2) is 7.23. The molecular weight excluding hydrogens is 324 g/mol. The summed E-state index contributed by atoms with van der Waals surface area (Å²) in [7, 11) is 0. The Morgan fingerprint density at radius 2 is 2.00 bits per heavy atom. The molecule has 25 heavy (non-hydrogen) atoms. The summed E-state index contributed by atoms with van der Waals surface area (Å²) in [5.41, 5.74) is 1.01. The van der Waals surface area contributed by atoms with Gasteiger partial charge in [0.25, 0.3) is 0 Å². The molecule has 2 aliphatic rings. The molecular formula is C18H22N2O5. The van der Waals surface area contributed by atoms with Gasteiger partial charge in [-0.15, -0.1) is 0 Å². The van der Waals surface area contributed by atoms with Crippen LogP contribution in [-0.4, -0.2) is 65.0 Å². The number of aliphatic carboxylic acids is 1. The van der Waals surface area contributed by atoms with E-state index < -0.39 is 17.9 Å². The number of likely N-dealkylation sites (tertiary alicyclic amines) is 1. The van der Waals surface area contributed by atoms with Crippen molar-refractivity contribution in [1.82, 2.24) is 9.80 Å². The number of benzene rings is 1. The van der Waals surface area contributed by atoms with Crippen LogP contribution in [0.25, 0.3) is 0 Å². The predicted octanol–water partition coefficient (Wildman–Crippen LogP) is 0.908. The third-order valence-corrected chi connectivity index (χ3v) is 4.95. The number of carboxylic acids is 1. The van der Waals surface area contributed by atoms with E-state index in [1.807, 2.05) is 37.3 Å². The lowest BCUT2D eigenvalue weighted by atomic mass is 10.0. The first kappa shape index (κ1) is 17.4. The normalized spacial score (nSPS) is 25.1. The van der Waals surface area contributed by atoms with Gasteiger partial charge in [0.2, 0.25) is 11.8 Å². The highest BCUT2D eigenvalue weighted by Crippen LogP contribution is 2.30. The van der Waals surface area contributed by atoms with Gasteiger partial charge in [-0.2, -0.15) is 0 Å². The van der Waals surface area contributed by atoms with Crippen LogP contribution in [0, 0.1) is 5.92 Å². The van der Waals surface area contributed by atoms with Gasteiger partial charge in [-0.1, -0.05) is 30.3 Å². The number of nitrogens with zero attached hydrogens (tertiary/aromatic N) is 2. The zero-order chi connectivity index (χ0) is 18.0. The lowest BCUT2D eigenvalue weighted by Gasteiger charge is -2.34. The molecule has 3 rings (SSSR count).